The number of nitrogens with one attached hydrogen (secondary N) is 1. The van der Waals surface area contributed by atoms with E-state index in [4.69, 9.17) is 37.9 Å². The first-order valence-corrected chi connectivity index (χ1v) is 16.2. The van der Waals surface area contributed by atoms with Crippen LogP contribution in [0.5, 0.6) is 0 Å². The Hall–Kier alpha value is -1.59. The van der Waals surface area contributed by atoms with E-state index < -0.39 is 155 Å². The lowest BCUT2D eigenvalue weighted by molar-refractivity contribution is -0.386. The van der Waals surface area contributed by atoms with Crippen LogP contribution in [-0.4, -0.2) is 223 Å². The Labute approximate surface area is 290 Å². The molecule has 296 valence electrons. The molecule has 8 unspecified atom stereocenters. The standard InChI is InChI=1S/C29H49NO21/c1-3-4-44-27-20(41)18(39)23(12(7-33)47-27)49-28-21(42)19(40)24(13(8-34)48-28)50-29-22(43)25(16(37)11(6-32)46-29)51-26-14(30-9(2)35)17(38)15(36)10(5-31)45-26/h3,10-29,31-34,36-43H,1,4-8H2,2H3,(H,30,35)/t10?,11?,12?,13?,14?,15-,16-,17+,18+,19+,20?,21?,22?,23+,24-,25-,26-,27+,28-,29+/m0/s1. The van der Waals surface area contributed by atoms with E-state index in [-0.39, 0.29) is 6.61 Å². The van der Waals surface area contributed by atoms with Crippen LogP contribution in [0.2, 0.25) is 0 Å². The minimum absolute atomic E-state index is 0.0675. The lowest BCUT2D eigenvalue weighted by atomic mass is 9.95. The number of ether oxygens (including phenoxy) is 8. The molecule has 1 amide bonds. The van der Waals surface area contributed by atoms with Crippen LogP contribution in [-0.2, 0) is 42.7 Å². The maximum atomic E-state index is 11.8. The lowest BCUT2D eigenvalue weighted by Crippen LogP contribution is -2.69. The highest BCUT2D eigenvalue weighted by molar-refractivity contribution is 5.73. The number of amides is 1. The molecule has 0 aromatic carbocycles. The molecule has 4 aliphatic rings. The molecule has 22 heteroatoms. The van der Waals surface area contributed by atoms with Gasteiger partial charge in [0, 0.05) is 6.92 Å². The summed E-state index contributed by atoms with van der Waals surface area (Å²) < 4.78 is 44.4. The van der Waals surface area contributed by atoms with Crippen molar-refractivity contribution in [2.75, 3.05) is 33.0 Å². The Morgan fingerprint density at radius 2 is 1.00 bits per heavy atom. The van der Waals surface area contributed by atoms with Gasteiger partial charge in [-0.2, -0.15) is 0 Å². The van der Waals surface area contributed by atoms with Crippen molar-refractivity contribution in [3.8, 4) is 0 Å². The molecule has 0 saturated carbocycles. The predicted octanol–water partition coefficient (Wildman–Crippen LogP) is -8.39. The fraction of sp³-hybridized carbons (Fsp3) is 0.897. The molecule has 4 fully saturated rings. The Morgan fingerprint density at radius 3 is 1.51 bits per heavy atom. The van der Waals surface area contributed by atoms with Gasteiger partial charge in [-0.05, 0) is 0 Å². The largest absolute Gasteiger partial charge is 0.394 e. The molecule has 4 saturated heterocycles. The second-order valence-electron chi connectivity index (χ2n) is 12.5. The SMILES string of the molecule is C=CCO[C@@H]1OC(CO)[C@@H](O[C@@H]2OC(CO)[C@H](O[C@H]3OC(CO)[C@H](O)[C@H](O[C@@H]4OC(CO)[C@H](O)[C@H](O)C4NC(C)=O)C3O)[C@H](O)C2O)[C@H](O)C1O. The molecule has 0 aromatic heterocycles. The van der Waals surface area contributed by atoms with Crippen molar-refractivity contribution in [1.29, 1.82) is 0 Å². The third-order valence-electron chi connectivity index (χ3n) is 8.97. The highest BCUT2D eigenvalue weighted by atomic mass is 16.8. The second kappa shape index (κ2) is 18.6. The average molecular weight is 748 g/mol. The van der Waals surface area contributed by atoms with Gasteiger partial charge in [-0.3, -0.25) is 4.79 Å². The van der Waals surface area contributed by atoms with E-state index in [1.54, 1.807) is 0 Å². The third kappa shape index (κ3) is 9.21. The first-order valence-electron chi connectivity index (χ1n) is 16.2. The molecule has 0 aromatic rings. The van der Waals surface area contributed by atoms with Gasteiger partial charge >= 0.3 is 0 Å². The van der Waals surface area contributed by atoms with Gasteiger partial charge in [0.25, 0.3) is 0 Å². The summed E-state index contributed by atoms with van der Waals surface area (Å²) in [7, 11) is 0. The van der Waals surface area contributed by atoms with Crippen molar-refractivity contribution in [3.05, 3.63) is 12.7 Å². The zero-order valence-corrected chi connectivity index (χ0v) is 27.4. The van der Waals surface area contributed by atoms with Gasteiger partial charge in [0.1, 0.15) is 97.6 Å². The first-order chi connectivity index (χ1) is 24.2. The average Bonchev–Trinajstić information content (AvgIpc) is 3.11. The quantitative estimate of drug-likeness (QED) is 0.0734. The molecule has 0 bridgehead atoms. The maximum absolute atomic E-state index is 11.8. The van der Waals surface area contributed by atoms with E-state index >= 15 is 0 Å². The molecule has 4 aliphatic heterocycles. The van der Waals surface area contributed by atoms with E-state index in [0.29, 0.717) is 0 Å². The van der Waals surface area contributed by atoms with Crippen molar-refractivity contribution in [1.82, 2.24) is 5.32 Å². The van der Waals surface area contributed by atoms with Crippen molar-refractivity contribution in [2.24, 2.45) is 0 Å². The summed E-state index contributed by atoms with van der Waals surface area (Å²) in [4.78, 5) is 11.8. The van der Waals surface area contributed by atoms with Crippen molar-refractivity contribution < 1.29 is 104 Å². The zero-order valence-electron chi connectivity index (χ0n) is 27.4. The Kier molecular flexibility index (Phi) is 15.4. The molecular formula is C29H49NO21. The number of carbonyl (C=O) groups is 1. The van der Waals surface area contributed by atoms with Crippen LogP contribution in [0, 0.1) is 0 Å². The van der Waals surface area contributed by atoms with Crippen LogP contribution in [0.1, 0.15) is 6.92 Å². The number of carbonyl (C=O) groups excluding carboxylic acids is 1. The lowest BCUT2D eigenvalue weighted by Gasteiger charge is -2.49. The molecule has 0 aliphatic carbocycles. The Balaban J connectivity index is 1.49. The molecule has 13 N–H and O–H groups in total. The highest BCUT2D eigenvalue weighted by Gasteiger charge is 2.55. The van der Waals surface area contributed by atoms with E-state index in [2.05, 4.69) is 11.9 Å². The van der Waals surface area contributed by atoms with Gasteiger partial charge < -0.3 is 104 Å². The van der Waals surface area contributed by atoms with E-state index in [1.165, 1.54) is 6.08 Å². The van der Waals surface area contributed by atoms with Gasteiger partial charge in [0.05, 0.1) is 33.0 Å². The monoisotopic (exact) mass is 747 g/mol. The minimum atomic E-state index is -2.02. The van der Waals surface area contributed by atoms with Crippen molar-refractivity contribution in [3.63, 3.8) is 0 Å². The van der Waals surface area contributed by atoms with Crippen LogP contribution in [0.25, 0.3) is 0 Å². The summed E-state index contributed by atoms with van der Waals surface area (Å²) in [5.74, 6) is -0.689. The Morgan fingerprint density at radius 1 is 0.569 bits per heavy atom. The Bertz CT molecular complexity index is 1100. The third-order valence-corrected chi connectivity index (χ3v) is 8.97. The zero-order chi connectivity index (χ0) is 37.7. The summed E-state index contributed by atoms with van der Waals surface area (Å²) >= 11 is 0. The molecule has 22 nitrogen and oxygen atoms in total. The number of rotatable bonds is 14. The molecule has 0 radical (unpaired) electrons. The molecule has 4 heterocycles. The van der Waals surface area contributed by atoms with Gasteiger partial charge in [-0.15, -0.1) is 6.58 Å². The van der Waals surface area contributed by atoms with Crippen LogP contribution < -0.4 is 5.32 Å². The summed E-state index contributed by atoms with van der Waals surface area (Å²) in [6.45, 7) is 1.14. The molecule has 20 atom stereocenters. The number of hydrogen-bond acceptors (Lipinski definition) is 21. The van der Waals surface area contributed by atoms with Crippen LogP contribution in [0.3, 0.4) is 0 Å². The first kappa shape index (κ1) is 42.2. The van der Waals surface area contributed by atoms with Gasteiger partial charge in [-0.25, -0.2) is 0 Å². The van der Waals surface area contributed by atoms with Crippen molar-refractivity contribution in [2.45, 2.75) is 130 Å². The number of aliphatic hydroxyl groups excluding tert-OH is 12. The van der Waals surface area contributed by atoms with Crippen LogP contribution >= 0.6 is 0 Å². The van der Waals surface area contributed by atoms with E-state index in [9.17, 15) is 66.1 Å². The van der Waals surface area contributed by atoms with Gasteiger partial charge in [0.15, 0.2) is 25.2 Å². The minimum Gasteiger partial charge on any atom is -0.394 e. The van der Waals surface area contributed by atoms with Gasteiger partial charge in [-0.1, -0.05) is 6.08 Å². The number of aliphatic hydroxyl groups is 12. The molecule has 0 spiro atoms. The maximum Gasteiger partial charge on any atom is 0.217 e. The number of hydrogen-bond donors (Lipinski definition) is 13. The molecule has 51 heavy (non-hydrogen) atoms. The second-order valence-corrected chi connectivity index (χ2v) is 12.5. The summed E-state index contributed by atoms with van der Waals surface area (Å²) in [5.41, 5.74) is 0. The van der Waals surface area contributed by atoms with Crippen molar-refractivity contribution >= 4 is 5.91 Å². The van der Waals surface area contributed by atoms with Gasteiger partial charge in [0.2, 0.25) is 5.91 Å². The van der Waals surface area contributed by atoms with E-state index in [0.717, 1.165) is 6.92 Å². The fourth-order valence-corrected chi connectivity index (χ4v) is 6.23. The topological polar surface area (TPSA) is 346 Å². The summed E-state index contributed by atoms with van der Waals surface area (Å²) in [6.07, 6.45) is -31.1. The fourth-order valence-electron chi connectivity index (χ4n) is 6.23. The predicted molar refractivity (Wildman–Crippen MR) is 159 cm³/mol. The summed E-state index contributed by atoms with van der Waals surface area (Å²) in [6, 6.07) is -1.49. The normalized spacial score (nSPS) is 47.9. The molecule has 4 rings (SSSR count). The molecular weight excluding hydrogens is 698 g/mol. The van der Waals surface area contributed by atoms with E-state index in [1.807, 2.05) is 0 Å². The van der Waals surface area contributed by atoms with Crippen LogP contribution in [0.15, 0.2) is 12.7 Å². The van der Waals surface area contributed by atoms with Crippen LogP contribution in [0.4, 0.5) is 0 Å². The summed E-state index contributed by atoms with van der Waals surface area (Å²) in [5, 5.41) is 128. The smallest absolute Gasteiger partial charge is 0.217 e. The highest BCUT2D eigenvalue weighted by Crippen LogP contribution is 2.34.